The molecule has 0 aliphatic carbocycles. The third-order valence-electron chi connectivity index (χ3n) is 3.59. The van der Waals surface area contributed by atoms with Crippen molar-refractivity contribution in [3.05, 3.63) is 35.4 Å². The Hall–Kier alpha value is -1.39. The summed E-state index contributed by atoms with van der Waals surface area (Å²) < 4.78 is 0. The van der Waals surface area contributed by atoms with Crippen molar-refractivity contribution in [1.29, 1.82) is 0 Å². The van der Waals surface area contributed by atoms with E-state index in [-0.39, 0.29) is 0 Å². The molecule has 4 heteroatoms. The minimum Gasteiger partial charge on any atom is -0.480 e. The first-order valence-corrected chi connectivity index (χ1v) is 6.45. The Labute approximate surface area is 107 Å². The van der Waals surface area contributed by atoms with Crippen molar-refractivity contribution in [2.24, 2.45) is 5.73 Å². The quantitative estimate of drug-likeness (QED) is 0.746. The first-order valence-electron chi connectivity index (χ1n) is 6.45. The lowest BCUT2D eigenvalue weighted by molar-refractivity contribution is -0.138. The number of nitrogens with one attached hydrogen (secondary N) is 1. The Balaban J connectivity index is 2.16. The number of carboxylic acid groups (broad SMARTS) is 1. The summed E-state index contributed by atoms with van der Waals surface area (Å²) in [7, 11) is 0. The summed E-state index contributed by atoms with van der Waals surface area (Å²) >= 11 is 0. The van der Waals surface area contributed by atoms with E-state index in [1.807, 2.05) is 18.2 Å². The molecule has 1 aromatic rings. The molecule has 1 heterocycles. The Kier molecular flexibility index (Phi) is 4.33. The molecule has 1 fully saturated rings. The first-order chi connectivity index (χ1) is 8.68. The molecule has 0 radical (unpaired) electrons. The molecule has 0 spiro atoms. The standard InChI is InChI=1S/C14H20N2O2/c15-13(14(17)18)9-11-3-1-2-4-12(11)10-5-7-16-8-6-10/h1-4,10,13,16H,5-9,15H2,(H,17,18). The van der Waals surface area contributed by atoms with Crippen molar-refractivity contribution in [3.63, 3.8) is 0 Å². The van der Waals surface area contributed by atoms with Crippen LogP contribution >= 0.6 is 0 Å². The number of carboxylic acids is 1. The molecule has 0 amide bonds. The highest BCUT2D eigenvalue weighted by molar-refractivity contribution is 5.73. The predicted molar refractivity (Wildman–Crippen MR) is 70.6 cm³/mol. The van der Waals surface area contributed by atoms with Crippen molar-refractivity contribution in [2.45, 2.75) is 31.2 Å². The molecule has 1 aliphatic rings. The number of carbonyl (C=O) groups is 1. The van der Waals surface area contributed by atoms with Crippen LogP contribution in [0.25, 0.3) is 0 Å². The minimum absolute atomic E-state index is 0.412. The fraction of sp³-hybridized carbons (Fsp3) is 0.500. The highest BCUT2D eigenvalue weighted by Gasteiger charge is 2.20. The zero-order valence-corrected chi connectivity index (χ0v) is 10.4. The third kappa shape index (κ3) is 3.09. The van der Waals surface area contributed by atoms with E-state index in [1.165, 1.54) is 5.56 Å². The van der Waals surface area contributed by atoms with Gasteiger partial charge in [0.25, 0.3) is 0 Å². The number of aliphatic carboxylic acids is 1. The summed E-state index contributed by atoms with van der Waals surface area (Å²) in [6.07, 6.45) is 2.63. The van der Waals surface area contributed by atoms with Crippen LogP contribution in [0.5, 0.6) is 0 Å². The maximum Gasteiger partial charge on any atom is 0.320 e. The van der Waals surface area contributed by atoms with Crippen LogP contribution in [0.3, 0.4) is 0 Å². The SMILES string of the molecule is NC(Cc1ccccc1C1CCNCC1)C(=O)O. The summed E-state index contributed by atoms with van der Waals surface area (Å²) in [5.41, 5.74) is 7.99. The minimum atomic E-state index is -0.935. The molecule has 2 rings (SSSR count). The summed E-state index contributed by atoms with van der Waals surface area (Å²) in [5.74, 6) is -0.404. The lowest BCUT2D eigenvalue weighted by Gasteiger charge is -2.25. The summed E-state index contributed by atoms with van der Waals surface area (Å²) in [5, 5.41) is 12.3. The van der Waals surface area contributed by atoms with E-state index < -0.39 is 12.0 Å². The van der Waals surface area contributed by atoms with Gasteiger partial charge in [-0.05, 0) is 49.4 Å². The molecular formula is C14H20N2O2. The highest BCUT2D eigenvalue weighted by Crippen LogP contribution is 2.28. The van der Waals surface area contributed by atoms with E-state index >= 15 is 0 Å². The first kappa shape index (κ1) is 13.1. The van der Waals surface area contributed by atoms with Gasteiger partial charge in [0.05, 0.1) is 0 Å². The van der Waals surface area contributed by atoms with Crippen LogP contribution in [0.4, 0.5) is 0 Å². The van der Waals surface area contributed by atoms with Gasteiger partial charge in [0.15, 0.2) is 0 Å². The number of piperidine rings is 1. The zero-order chi connectivity index (χ0) is 13.0. The maximum absolute atomic E-state index is 10.9. The van der Waals surface area contributed by atoms with E-state index in [2.05, 4.69) is 11.4 Å². The molecule has 18 heavy (non-hydrogen) atoms. The zero-order valence-electron chi connectivity index (χ0n) is 10.4. The molecule has 1 unspecified atom stereocenters. The molecule has 4 nitrogen and oxygen atoms in total. The van der Waals surface area contributed by atoms with E-state index in [0.29, 0.717) is 12.3 Å². The lowest BCUT2D eigenvalue weighted by Crippen LogP contribution is -2.33. The molecule has 0 aromatic heterocycles. The fourth-order valence-corrected chi connectivity index (χ4v) is 2.58. The van der Waals surface area contributed by atoms with Crippen LogP contribution in [-0.2, 0) is 11.2 Å². The van der Waals surface area contributed by atoms with Crippen LogP contribution in [0.1, 0.15) is 29.9 Å². The molecule has 1 aliphatic heterocycles. The largest absolute Gasteiger partial charge is 0.480 e. The van der Waals surface area contributed by atoms with Crippen LogP contribution < -0.4 is 11.1 Å². The van der Waals surface area contributed by atoms with E-state index in [4.69, 9.17) is 10.8 Å². The molecule has 1 aromatic carbocycles. The highest BCUT2D eigenvalue weighted by atomic mass is 16.4. The van der Waals surface area contributed by atoms with Gasteiger partial charge in [-0.1, -0.05) is 24.3 Å². The Morgan fingerprint density at radius 1 is 1.39 bits per heavy atom. The van der Waals surface area contributed by atoms with Crippen LogP contribution in [0, 0.1) is 0 Å². The smallest absolute Gasteiger partial charge is 0.320 e. The summed E-state index contributed by atoms with van der Waals surface area (Å²) in [4.78, 5) is 10.9. The normalized spacial score (nSPS) is 18.5. The van der Waals surface area contributed by atoms with Gasteiger partial charge < -0.3 is 16.2 Å². The van der Waals surface area contributed by atoms with Crippen LogP contribution in [0.15, 0.2) is 24.3 Å². The molecule has 0 bridgehead atoms. The average Bonchev–Trinajstić information content (AvgIpc) is 2.40. The summed E-state index contributed by atoms with van der Waals surface area (Å²) in [6.45, 7) is 2.06. The molecule has 98 valence electrons. The monoisotopic (exact) mass is 248 g/mol. The number of benzene rings is 1. The topological polar surface area (TPSA) is 75.3 Å². The second kappa shape index (κ2) is 5.98. The Bertz CT molecular complexity index is 414. The second-order valence-corrected chi connectivity index (χ2v) is 4.87. The van der Waals surface area contributed by atoms with Crippen LogP contribution in [0.2, 0.25) is 0 Å². The molecule has 4 N–H and O–H groups in total. The lowest BCUT2D eigenvalue weighted by atomic mass is 9.85. The van der Waals surface area contributed by atoms with E-state index in [9.17, 15) is 4.79 Å². The predicted octanol–water partition coefficient (Wildman–Crippen LogP) is 1.11. The van der Waals surface area contributed by atoms with Gasteiger partial charge in [-0.15, -0.1) is 0 Å². The van der Waals surface area contributed by atoms with Gasteiger partial charge in [0.2, 0.25) is 0 Å². The van der Waals surface area contributed by atoms with Gasteiger partial charge in [-0.2, -0.15) is 0 Å². The van der Waals surface area contributed by atoms with Crippen LogP contribution in [-0.4, -0.2) is 30.2 Å². The van der Waals surface area contributed by atoms with Gasteiger partial charge in [0, 0.05) is 0 Å². The third-order valence-corrected chi connectivity index (χ3v) is 3.59. The van der Waals surface area contributed by atoms with E-state index in [1.54, 1.807) is 0 Å². The van der Waals surface area contributed by atoms with Crippen molar-refractivity contribution < 1.29 is 9.90 Å². The Morgan fingerprint density at radius 3 is 2.72 bits per heavy atom. The van der Waals surface area contributed by atoms with Gasteiger partial charge >= 0.3 is 5.97 Å². The van der Waals surface area contributed by atoms with Gasteiger partial charge in [-0.25, -0.2) is 0 Å². The average molecular weight is 248 g/mol. The van der Waals surface area contributed by atoms with Crippen molar-refractivity contribution >= 4 is 5.97 Å². The Morgan fingerprint density at radius 2 is 2.06 bits per heavy atom. The number of nitrogens with two attached hydrogens (primary N) is 1. The molecular weight excluding hydrogens is 228 g/mol. The number of hydrogen-bond acceptors (Lipinski definition) is 3. The van der Waals surface area contributed by atoms with Gasteiger partial charge in [-0.3, -0.25) is 4.79 Å². The summed E-state index contributed by atoms with van der Waals surface area (Å²) in [6, 6.07) is 7.27. The fourth-order valence-electron chi connectivity index (χ4n) is 2.58. The maximum atomic E-state index is 10.9. The van der Waals surface area contributed by atoms with Gasteiger partial charge in [0.1, 0.15) is 6.04 Å². The number of rotatable bonds is 4. The second-order valence-electron chi connectivity index (χ2n) is 4.87. The van der Waals surface area contributed by atoms with Crippen molar-refractivity contribution in [2.75, 3.05) is 13.1 Å². The van der Waals surface area contributed by atoms with Crippen molar-refractivity contribution in [3.8, 4) is 0 Å². The molecule has 1 atom stereocenters. The molecule has 1 saturated heterocycles. The molecule has 0 saturated carbocycles. The van der Waals surface area contributed by atoms with Crippen molar-refractivity contribution in [1.82, 2.24) is 5.32 Å². The van der Waals surface area contributed by atoms with E-state index in [0.717, 1.165) is 31.5 Å². The number of hydrogen-bond donors (Lipinski definition) is 3.